The lowest BCUT2D eigenvalue weighted by atomic mass is 10.1. The van der Waals surface area contributed by atoms with E-state index >= 15 is 0 Å². The molecule has 0 aromatic heterocycles. The van der Waals surface area contributed by atoms with Crippen LogP contribution in [-0.4, -0.2) is 41.4 Å². The van der Waals surface area contributed by atoms with E-state index in [4.69, 9.17) is 9.47 Å². The van der Waals surface area contributed by atoms with Gasteiger partial charge in [0, 0.05) is 6.42 Å². The summed E-state index contributed by atoms with van der Waals surface area (Å²) in [5.41, 5.74) is 0. The SMILES string of the molecule is CC1(C)O[C@H]2[C@H]3C=CCC(=O)N3C[C@H]2O1. The largest absolute Gasteiger partial charge is 0.343 e. The standard InChI is InChI=1S/C11H15NO3/c1-11(2)14-8-6-12-7(10(8)15-11)4-3-5-9(12)13/h3-4,7-8,10H,5-6H2,1-2H3/t7-,8-,10+/m1/s1. The van der Waals surface area contributed by atoms with E-state index in [1.807, 2.05) is 24.8 Å². The molecule has 0 saturated carbocycles. The van der Waals surface area contributed by atoms with Gasteiger partial charge in [-0.05, 0) is 13.8 Å². The van der Waals surface area contributed by atoms with E-state index in [1.165, 1.54) is 0 Å². The average Bonchev–Trinajstić information content (AvgIpc) is 2.59. The Bertz CT molecular complexity index is 337. The van der Waals surface area contributed by atoms with E-state index in [-0.39, 0.29) is 24.2 Å². The van der Waals surface area contributed by atoms with E-state index in [2.05, 4.69) is 6.08 Å². The predicted molar refractivity (Wildman–Crippen MR) is 53.1 cm³/mol. The summed E-state index contributed by atoms with van der Waals surface area (Å²) in [7, 11) is 0. The molecule has 3 rings (SSSR count). The summed E-state index contributed by atoms with van der Waals surface area (Å²) in [5.74, 6) is -0.322. The summed E-state index contributed by atoms with van der Waals surface area (Å²) >= 11 is 0. The van der Waals surface area contributed by atoms with Gasteiger partial charge in [-0.2, -0.15) is 0 Å². The van der Waals surface area contributed by atoms with E-state index in [9.17, 15) is 4.79 Å². The van der Waals surface area contributed by atoms with Gasteiger partial charge in [0.05, 0.1) is 12.6 Å². The van der Waals surface area contributed by atoms with Gasteiger partial charge in [-0.25, -0.2) is 0 Å². The molecule has 0 unspecified atom stereocenters. The molecule has 4 heteroatoms. The molecular formula is C11H15NO3. The van der Waals surface area contributed by atoms with Crippen molar-refractivity contribution in [2.75, 3.05) is 6.54 Å². The summed E-state index contributed by atoms with van der Waals surface area (Å²) in [6.45, 7) is 4.51. The van der Waals surface area contributed by atoms with Gasteiger partial charge in [0.25, 0.3) is 0 Å². The Hall–Kier alpha value is -0.870. The molecule has 0 spiro atoms. The van der Waals surface area contributed by atoms with E-state index in [0.717, 1.165) is 0 Å². The van der Waals surface area contributed by atoms with Crippen LogP contribution in [0.15, 0.2) is 12.2 Å². The number of rotatable bonds is 0. The number of hydrogen-bond acceptors (Lipinski definition) is 3. The first kappa shape index (κ1) is 9.36. The third-order valence-electron chi connectivity index (χ3n) is 3.24. The summed E-state index contributed by atoms with van der Waals surface area (Å²) in [4.78, 5) is 13.5. The number of ether oxygens (including phenoxy) is 2. The Morgan fingerprint density at radius 3 is 3.07 bits per heavy atom. The summed E-state index contributed by atoms with van der Waals surface area (Å²) in [5, 5.41) is 0. The van der Waals surface area contributed by atoms with Crippen molar-refractivity contribution in [2.45, 2.75) is 44.3 Å². The normalized spacial score (nSPS) is 41.9. The van der Waals surface area contributed by atoms with Crippen molar-refractivity contribution >= 4 is 5.91 Å². The van der Waals surface area contributed by atoms with Gasteiger partial charge in [-0.3, -0.25) is 4.79 Å². The molecular weight excluding hydrogens is 194 g/mol. The lowest BCUT2D eigenvalue weighted by molar-refractivity contribution is -0.164. The Labute approximate surface area is 88.8 Å². The number of fused-ring (bicyclic) bond motifs is 3. The van der Waals surface area contributed by atoms with Gasteiger partial charge < -0.3 is 14.4 Å². The molecule has 1 amide bonds. The highest BCUT2D eigenvalue weighted by Gasteiger charge is 2.53. The Kier molecular flexibility index (Phi) is 1.77. The number of carbonyl (C=O) groups excluding carboxylic acids is 1. The van der Waals surface area contributed by atoms with Crippen LogP contribution in [0.2, 0.25) is 0 Å². The molecule has 4 nitrogen and oxygen atoms in total. The molecule has 2 fully saturated rings. The fourth-order valence-corrected chi connectivity index (χ4v) is 2.69. The minimum absolute atomic E-state index is 0.0144. The molecule has 2 saturated heterocycles. The first-order valence-corrected chi connectivity index (χ1v) is 5.39. The van der Waals surface area contributed by atoms with Crippen LogP contribution in [0.4, 0.5) is 0 Å². The molecule has 3 atom stereocenters. The van der Waals surface area contributed by atoms with Crippen LogP contribution in [0.1, 0.15) is 20.3 Å². The van der Waals surface area contributed by atoms with Crippen molar-refractivity contribution in [1.82, 2.24) is 4.90 Å². The molecule has 0 aromatic rings. The molecule has 0 aromatic carbocycles. The third-order valence-corrected chi connectivity index (χ3v) is 3.24. The number of nitrogens with zero attached hydrogens (tertiary/aromatic N) is 1. The molecule has 0 bridgehead atoms. The van der Waals surface area contributed by atoms with Crippen molar-refractivity contribution in [3.63, 3.8) is 0 Å². The maximum absolute atomic E-state index is 11.6. The number of carbonyl (C=O) groups is 1. The van der Waals surface area contributed by atoms with Crippen LogP contribution in [0, 0.1) is 0 Å². The van der Waals surface area contributed by atoms with Gasteiger partial charge in [0.1, 0.15) is 12.2 Å². The quantitative estimate of drug-likeness (QED) is 0.551. The van der Waals surface area contributed by atoms with E-state index in [0.29, 0.717) is 13.0 Å². The second-order valence-corrected chi connectivity index (χ2v) is 4.81. The zero-order valence-corrected chi connectivity index (χ0v) is 8.97. The maximum atomic E-state index is 11.6. The van der Waals surface area contributed by atoms with E-state index < -0.39 is 5.79 Å². The van der Waals surface area contributed by atoms with Crippen molar-refractivity contribution in [2.24, 2.45) is 0 Å². The molecule has 82 valence electrons. The van der Waals surface area contributed by atoms with Crippen LogP contribution in [0.25, 0.3) is 0 Å². The second-order valence-electron chi connectivity index (χ2n) is 4.81. The lowest BCUT2D eigenvalue weighted by Crippen LogP contribution is -2.42. The Balaban J connectivity index is 1.87. The summed E-state index contributed by atoms with van der Waals surface area (Å²) in [6, 6.07) is 0.0815. The van der Waals surface area contributed by atoms with Crippen molar-refractivity contribution < 1.29 is 14.3 Å². The predicted octanol–water partition coefficient (Wildman–Crippen LogP) is 0.677. The van der Waals surface area contributed by atoms with Gasteiger partial charge in [-0.1, -0.05) is 12.2 Å². The van der Waals surface area contributed by atoms with Crippen LogP contribution in [0.5, 0.6) is 0 Å². The molecule has 3 heterocycles. The average molecular weight is 209 g/mol. The smallest absolute Gasteiger partial charge is 0.227 e. The Morgan fingerprint density at radius 1 is 1.47 bits per heavy atom. The topological polar surface area (TPSA) is 38.8 Å². The van der Waals surface area contributed by atoms with Crippen LogP contribution < -0.4 is 0 Å². The molecule has 3 aliphatic rings. The van der Waals surface area contributed by atoms with Gasteiger partial charge >= 0.3 is 0 Å². The van der Waals surface area contributed by atoms with Crippen molar-refractivity contribution in [1.29, 1.82) is 0 Å². The monoisotopic (exact) mass is 209 g/mol. The highest BCUT2D eigenvalue weighted by atomic mass is 16.8. The van der Waals surface area contributed by atoms with Crippen LogP contribution in [0.3, 0.4) is 0 Å². The first-order valence-electron chi connectivity index (χ1n) is 5.39. The zero-order valence-electron chi connectivity index (χ0n) is 8.97. The van der Waals surface area contributed by atoms with Crippen LogP contribution >= 0.6 is 0 Å². The third kappa shape index (κ3) is 1.32. The molecule has 0 aliphatic carbocycles. The van der Waals surface area contributed by atoms with Crippen LogP contribution in [-0.2, 0) is 14.3 Å². The molecule has 0 radical (unpaired) electrons. The fraction of sp³-hybridized carbons (Fsp3) is 0.727. The second kappa shape index (κ2) is 2.83. The molecule has 3 aliphatic heterocycles. The number of hydrogen-bond donors (Lipinski definition) is 0. The van der Waals surface area contributed by atoms with Gasteiger partial charge in [0.15, 0.2) is 5.79 Å². The minimum atomic E-state index is -0.504. The summed E-state index contributed by atoms with van der Waals surface area (Å²) < 4.78 is 11.6. The van der Waals surface area contributed by atoms with Gasteiger partial charge in [0.2, 0.25) is 5.91 Å². The minimum Gasteiger partial charge on any atom is -0.343 e. The molecule has 15 heavy (non-hydrogen) atoms. The van der Waals surface area contributed by atoms with Crippen molar-refractivity contribution in [3.8, 4) is 0 Å². The highest BCUT2D eigenvalue weighted by molar-refractivity contribution is 5.80. The highest BCUT2D eigenvalue weighted by Crippen LogP contribution is 2.38. The first-order chi connectivity index (χ1) is 7.07. The number of amides is 1. The lowest BCUT2D eigenvalue weighted by Gasteiger charge is -2.29. The molecule has 0 N–H and O–H groups in total. The van der Waals surface area contributed by atoms with E-state index in [1.54, 1.807) is 0 Å². The maximum Gasteiger partial charge on any atom is 0.227 e. The van der Waals surface area contributed by atoms with Crippen molar-refractivity contribution in [3.05, 3.63) is 12.2 Å². The van der Waals surface area contributed by atoms with Gasteiger partial charge in [-0.15, -0.1) is 0 Å². The Morgan fingerprint density at radius 2 is 2.27 bits per heavy atom. The summed E-state index contributed by atoms with van der Waals surface area (Å²) in [6.07, 6.45) is 4.56. The fourth-order valence-electron chi connectivity index (χ4n) is 2.69. The zero-order chi connectivity index (χ0) is 10.6.